The third-order valence-corrected chi connectivity index (χ3v) is 6.46. The molecular formula is C18H22F2N4O2. The molecule has 6 nitrogen and oxygen atoms in total. The van der Waals surface area contributed by atoms with Gasteiger partial charge in [-0.3, -0.25) is 4.79 Å². The second kappa shape index (κ2) is 5.50. The molecule has 0 bridgehead atoms. The number of aliphatic carboxylic acids is 1. The molecule has 2 aliphatic heterocycles. The van der Waals surface area contributed by atoms with Crippen molar-refractivity contribution in [1.82, 2.24) is 9.97 Å². The fourth-order valence-electron chi connectivity index (χ4n) is 4.84. The molecule has 1 N–H and O–H groups in total. The van der Waals surface area contributed by atoms with Crippen LogP contribution < -0.4 is 9.80 Å². The molecule has 0 radical (unpaired) electrons. The Labute approximate surface area is 150 Å². The number of rotatable bonds is 4. The Balaban J connectivity index is 1.46. The number of anilines is 2. The molecule has 4 aliphatic rings. The van der Waals surface area contributed by atoms with Crippen molar-refractivity contribution in [3.05, 3.63) is 11.3 Å². The molecule has 0 spiro atoms. The quantitative estimate of drug-likeness (QED) is 0.884. The molecule has 1 aromatic heterocycles. The molecule has 5 rings (SSSR count). The van der Waals surface area contributed by atoms with Gasteiger partial charge >= 0.3 is 5.97 Å². The molecule has 2 atom stereocenters. The summed E-state index contributed by atoms with van der Waals surface area (Å²) in [6.45, 7) is 3.07. The number of carboxylic acid groups (broad SMARTS) is 1. The van der Waals surface area contributed by atoms with E-state index in [4.69, 9.17) is 5.11 Å². The van der Waals surface area contributed by atoms with Crippen molar-refractivity contribution in [2.75, 3.05) is 36.0 Å². The molecule has 140 valence electrons. The van der Waals surface area contributed by atoms with E-state index in [1.165, 1.54) is 0 Å². The lowest BCUT2D eigenvalue weighted by molar-refractivity contribution is -0.137. The van der Waals surface area contributed by atoms with E-state index in [2.05, 4.69) is 14.9 Å². The number of carbonyl (C=O) groups is 1. The molecule has 2 aliphatic carbocycles. The van der Waals surface area contributed by atoms with Crippen LogP contribution in [0.2, 0.25) is 0 Å². The van der Waals surface area contributed by atoms with Crippen LogP contribution in [-0.4, -0.2) is 47.2 Å². The third-order valence-electron chi connectivity index (χ3n) is 6.46. The summed E-state index contributed by atoms with van der Waals surface area (Å²) in [5.41, 5.74) is 0.514. The Morgan fingerprint density at radius 2 is 1.88 bits per heavy atom. The number of hydrogen-bond acceptors (Lipinski definition) is 5. The van der Waals surface area contributed by atoms with Crippen LogP contribution in [0.5, 0.6) is 0 Å². The van der Waals surface area contributed by atoms with Gasteiger partial charge in [0.1, 0.15) is 11.5 Å². The minimum absolute atomic E-state index is 0.0849. The third kappa shape index (κ3) is 2.45. The van der Waals surface area contributed by atoms with Gasteiger partial charge in [0, 0.05) is 44.6 Å². The van der Waals surface area contributed by atoms with Crippen LogP contribution in [0.3, 0.4) is 0 Å². The molecule has 26 heavy (non-hydrogen) atoms. The summed E-state index contributed by atoms with van der Waals surface area (Å²) < 4.78 is 29.1. The standard InChI is InChI=1S/C18H22F2N4O2/c19-18(20)4-1-3-10-15(18)21-17(23-5-2-6-23)22-16(10)24-8-12-11(7-14(25)26)13(12)9-24/h11-13H,1-9H2,(H,25,26). The molecular weight excluding hydrogens is 342 g/mol. The van der Waals surface area contributed by atoms with Crippen LogP contribution in [-0.2, 0) is 17.1 Å². The van der Waals surface area contributed by atoms with Gasteiger partial charge in [0.05, 0.1) is 0 Å². The summed E-state index contributed by atoms with van der Waals surface area (Å²) in [4.78, 5) is 23.9. The molecule has 1 saturated carbocycles. The highest BCUT2D eigenvalue weighted by atomic mass is 19.3. The highest BCUT2D eigenvalue weighted by Gasteiger charge is 2.57. The van der Waals surface area contributed by atoms with Crippen molar-refractivity contribution >= 4 is 17.7 Å². The largest absolute Gasteiger partial charge is 0.481 e. The first-order valence-electron chi connectivity index (χ1n) is 9.45. The minimum atomic E-state index is -2.89. The maximum absolute atomic E-state index is 14.5. The van der Waals surface area contributed by atoms with Crippen molar-refractivity contribution < 1.29 is 18.7 Å². The van der Waals surface area contributed by atoms with E-state index in [-0.39, 0.29) is 24.5 Å². The summed E-state index contributed by atoms with van der Waals surface area (Å²) in [6.07, 6.45) is 2.13. The van der Waals surface area contributed by atoms with E-state index in [9.17, 15) is 13.6 Å². The van der Waals surface area contributed by atoms with Gasteiger partial charge in [0.2, 0.25) is 5.95 Å². The number of aromatic nitrogens is 2. The summed E-state index contributed by atoms with van der Waals surface area (Å²) in [5, 5.41) is 8.99. The zero-order valence-electron chi connectivity index (χ0n) is 14.5. The number of piperidine rings is 1. The zero-order valence-corrected chi connectivity index (χ0v) is 14.5. The average Bonchev–Trinajstić information content (AvgIpc) is 2.97. The summed E-state index contributed by atoms with van der Waals surface area (Å²) >= 11 is 0. The van der Waals surface area contributed by atoms with Gasteiger partial charge in [0.25, 0.3) is 5.92 Å². The van der Waals surface area contributed by atoms with Crippen molar-refractivity contribution in [1.29, 1.82) is 0 Å². The van der Waals surface area contributed by atoms with Gasteiger partial charge in [0.15, 0.2) is 0 Å². The maximum Gasteiger partial charge on any atom is 0.303 e. The smallest absolute Gasteiger partial charge is 0.303 e. The molecule has 2 saturated heterocycles. The number of carboxylic acids is 1. The predicted molar refractivity (Wildman–Crippen MR) is 90.6 cm³/mol. The van der Waals surface area contributed by atoms with Crippen LogP contribution in [0.25, 0.3) is 0 Å². The highest BCUT2D eigenvalue weighted by Crippen LogP contribution is 2.55. The molecule has 2 unspecified atom stereocenters. The molecule has 8 heteroatoms. The van der Waals surface area contributed by atoms with Crippen molar-refractivity contribution in [2.45, 2.75) is 38.0 Å². The normalized spacial score (nSPS) is 31.2. The fraction of sp³-hybridized carbons (Fsp3) is 0.722. The lowest BCUT2D eigenvalue weighted by atomic mass is 9.92. The first kappa shape index (κ1) is 16.2. The summed E-state index contributed by atoms with van der Waals surface area (Å²) in [7, 11) is 0. The predicted octanol–water partition coefficient (Wildman–Crippen LogP) is 2.27. The van der Waals surface area contributed by atoms with Crippen molar-refractivity contribution in [2.24, 2.45) is 17.8 Å². The van der Waals surface area contributed by atoms with Crippen LogP contribution >= 0.6 is 0 Å². The SMILES string of the molecule is O=C(O)CC1C2CN(c3nc(N4CCC4)nc4c3CCCC4(F)F)CC12. The van der Waals surface area contributed by atoms with Gasteiger partial charge < -0.3 is 14.9 Å². The number of fused-ring (bicyclic) bond motifs is 2. The zero-order chi connectivity index (χ0) is 18.1. The Hall–Kier alpha value is -1.99. The van der Waals surface area contributed by atoms with Crippen LogP contribution in [0, 0.1) is 17.8 Å². The van der Waals surface area contributed by atoms with Gasteiger partial charge in [-0.05, 0) is 37.0 Å². The molecule has 0 amide bonds. The maximum atomic E-state index is 14.5. The highest BCUT2D eigenvalue weighted by molar-refractivity contribution is 5.68. The summed E-state index contributed by atoms with van der Waals surface area (Å²) in [6, 6.07) is 0. The molecule has 3 heterocycles. The van der Waals surface area contributed by atoms with E-state index in [0.29, 0.717) is 42.0 Å². The second-order valence-electron chi connectivity index (χ2n) is 8.07. The Morgan fingerprint density at radius 1 is 1.15 bits per heavy atom. The van der Waals surface area contributed by atoms with E-state index < -0.39 is 11.9 Å². The minimum Gasteiger partial charge on any atom is -0.481 e. The topological polar surface area (TPSA) is 69.6 Å². The Kier molecular flexibility index (Phi) is 3.43. The van der Waals surface area contributed by atoms with E-state index >= 15 is 0 Å². The monoisotopic (exact) mass is 364 g/mol. The second-order valence-corrected chi connectivity index (χ2v) is 8.07. The van der Waals surface area contributed by atoms with E-state index in [1.807, 2.05) is 4.90 Å². The van der Waals surface area contributed by atoms with Crippen LogP contribution in [0.4, 0.5) is 20.5 Å². The van der Waals surface area contributed by atoms with E-state index in [0.717, 1.165) is 32.6 Å². The average molecular weight is 364 g/mol. The van der Waals surface area contributed by atoms with E-state index in [1.54, 1.807) is 0 Å². The van der Waals surface area contributed by atoms with Gasteiger partial charge in [-0.2, -0.15) is 13.8 Å². The Bertz CT molecular complexity index is 756. The van der Waals surface area contributed by atoms with Gasteiger partial charge in [-0.15, -0.1) is 0 Å². The molecule has 1 aromatic rings. The number of nitrogens with zero attached hydrogens (tertiary/aromatic N) is 4. The summed E-state index contributed by atoms with van der Waals surface area (Å²) in [5.74, 6) is -1.61. The fourth-order valence-corrected chi connectivity index (χ4v) is 4.84. The Morgan fingerprint density at radius 3 is 2.50 bits per heavy atom. The number of hydrogen-bond donors (Lipinski definition) is 1. The molecule has 3 fully saturated rings. The number of alkyl halides is 2. The van der Waals surface area contributed by atoms with Gasteiger partial charge in [-0.25, -0.2) is 4.98 Å². The lowest BCUT2D eigenvalue weighted by Gasteiger charge is -2.35. The number of halogens is 2. The van der Waals surface area contributed by atoms with Crippen LogP contribution in [0.15, 0.2) is 0 Å². The lowest BCUT2D eigenvalue weighted by Crippen LogP contribution is -2.40. The van der Waals surface area contributed by atoms with Crippen LogP contribution in [0.1, 0.15) is 36.9 Å². The van der Waals surface area contributed by atoms with Gasteiger partial charge in [-0.1, -0.05) is 0 Å². The molecule has 0 aromatic carbocycles. The first-order valence-corrected chi connectivity index (χ1v) is 9.45. The van der Waals surface area contributed by atoms with Crippen molar-refractivity contribution in [3.63, 3.8) is 0 Å². The first-order chi connectivity index (χ1) is 12.4. The van der Waals surface area contributed by atoms with Crippen molar-refractivity contribution in [3.8, 4) is 0 Å².